The standard InChI is InChI=1S/C15H15N3O4/c1-9-6-7-12-11(8-9)15(22-17-12)16-14(19)10-4-2-3-5-13(10)18(20)21/h2-5,9H,6-8H2,1H3,(H,16,19)/t9-/m0/s1. The van der Waals surface area contributed by atoms with Crippen molar-refractivity contribution in [1.29, 1.82) is 0 Å². The van der Waals surface area contributed by atoms with E-state index in [1.54, 1.807) is 6.07 Å². The van der Waals surface area contributed by atoms with Gasteiger partial charge in [0.15, 0.2) is 0 Å². The van der Waals surface area contributed by atoms with E-state index in [2.05, 4.69) is 17.4 Å². The number of nitrogens with zero attached hydrogens (tertiary/aromatic N) is 2. The maximum absolute atomic E-state index is 12.3. The number of nitro benzene ring substituents is 1. The first-order valence-corrected chi connectivity index (χ1v) is 7.08. The van der Waals surface area contributed by atoms with Crippen molar-refractivity contribution >= 4 is 17.5 Å². The summed E-state index contributed by atoms with van der Waals surface area (Å²) in [5.41, 5.74) is 1.52. The normalized spacial score (nSPS) is 16.9. The topological polar surface area (TPSA) is 98.3 Å². The van der Waals surface area contributed by atoms with Crippen molar-refractivity contribution < 1.29 is 14.2 Å². The highest BCUT2D eigenvalue weighted by Crippen LogP contribution is 2.31. The average Bonchev–Trinajstić information content (AvgIpc) is 2.89. The number of benzene rings is 1. The molecule has 1 aromatic heterocycles. The van der Waals surface area contributed by atoms with Crippen LogP contribution in [0.1, 0.15) is 35.0 Å². The van der Waals surface area contributed by atoms with Gasteiger partial charge in [-0.05, 0) is 31.2 Å². The number of hydrogen-bond acceptors (Lipinski definition) is 5. The summed E-state index contributed by atoms with van der Waals surface area (Å²) in [7, 11) is 0. The number of carbonyl (C=O) groups is 1. The SMILES string of the molecule is C[C@H]1CCc2noc(NC(=O)c3ccccc3[N+](=O)[O-])c2C1. The number of rotatable bonds is 3. The third-order valence-electron chi connectivity index (χ3n) is 3.87. The number of aromatic nitrogens is 1. The summed E-state index contributed by atoms with van der Waals surface area (Å²) in [6.07, 6.45) is 2.64. The highest BCUT2D eigenvalue weighted by Gasteiger charge is 2.26. The second kappa shape index (κ2) is 5.59. The molecule has 1 atom stereocenters. The summed E-state index contributed by atoms with van der Waals surface area (Å²) in [6.45, 7) is 2.13. The molecule has 7 nitrogen and oxygen atoms in total. The van der Waals surface area contributed by atoms with Crippen molar-refractivity contribution in [3.05, 3.63) is 51.2 Å². The second-order valence-corrected chi connectivity index (χ2v) is 5.51. The van der Waals surface area contributed by atoms with Crippen LogP contribution in [0.15, 0.2) is 28.8 Å². The number of nitro groups is 1. The minimum atomic E-state index is -0.577. The van der Waals surface area contributed by atoms with Gasteiger partial charge >= 0.3 is 0 Å². The first kappa shape index (κ1) is 14.2. The molecule has 2 aromatic rings. The Morgan fingerprint density at radius 3 is 3.00 bits per heavy atom. The van der Waals surface area contributed by atoms with Crippen LogP contribution in [0.25, 0.3) is 0 Å². The van der Waals surface area contributed by atoms with Crippen LogP contribution in [0.3, 0.4) is 0 Å². The van der Waals surface area contributed by atoms with Crippen molar-refractivity contribution in [2.45, 2.75) is 26.2 Å². The van der Waals surface area contributed by atoms with Crippen LogP contribution in [0.4, 0.5) is 11.6 Å². The molecule has 0 radical (unpaired) electrons. The Bertz CT molecular complexity index is 738. The Balaban J connectivity index is 1.87. The molecule has 0 saturated carbocycles. The van der Waals surface area contributed by atoms with Gasteiger partial charge in [0.25, 0.3) is 11.6 Å². The molecular formula is C15H15N3O4. The van der Waals surface area contributed by atoms with E-state index in [-0.39, 0.29) is 11.3 Å². The largest absolute Gasteiger partial charge is 0.338 e. The van der Waals surface area contributed by atoms with E-state index in [1.165, 1.54) is 18.2 Å². The highest BCUT2D eigenvalue weighted by atomic mass is 16.6. The van der Waals surface area contributed by atoms with Gasteiger partial charge in [-0.1, -0.05) is 24.2 Å². The number of anilines is 1. The lowest BCUT2D eigenvalue weighted by Crippen LogP contribution is -2.16. The molecule has 0 bridgehead atoms. The number of carbonyl (C=O) groups excluding carboxylic acids is 1. The zero-order chi connectivity index (χ0) is 15.7. The Labute approximate surface area is 126 Å². The smallest absolute Gasteiger partial charge is 0.282 e. The Morgan fingerprint density at radius 1 is 1.45 bits per heavy atom. The predicted molar refractivity (Wildman–Crippen MR) is 78.7 cm³/mol. The van der Waals surface area contributed by atoms with Gasteiger partial charge in [0.1, 0.15) is 5.56 Å². The monoisotopic (exact) mass is 301 g/mol. The van der Waals surface area contributed by atoms with Crippen molar-refractivity contribution in [2.24, 2.45) is 5.92 Å². The van der Waals surface area contributed by atoms with E-state index in [9.17, 15) is 14.9 Å². The Morgan fingerprint density at radius 2 is 2.23 bits per heavy atom. The van der Waals surface area contributed by atoms with Gasteiger partial charge in [0, 0.05) is 11.6 Å². The third kappa shape index (κ3) is 2.57. The summed E-state index contributed by atoms with van der Waals surface area (Å²) in [4.78, 5) is 22.7. The Hall–Kier alpha value is -2.70. The highest BCUT2D eigenvalue weighted by molar-refractivity contribution is 6.06. The lowest BCUT2D eigenvalue weighted by molar-refractivity contribution is -0.385. The lowest BCUT2D eigenvalue weighted by atomic mass is 9.89. The van der Waals surface area contributed by atoms with Crippen LogP contribution in [-0.4, -0.2) is 16.0 Å². The van der Waals surface area contributed by atoms with Gasteiger partial charge in [0.2, 0.25) is 5.88 Å². The third-order valence-corrected chi connectivity index (χ3v) is 3.87. The van der Waals surface area contributed by atoms with Crippen LogP contribution in [0.5, 0.6) is 0 Å². The molecule has 3 rings (SSSR count). The fourth-order valence-electron chi connectivity index (χ4n) is 2.68. The van der Waals surface area contributed by atoms with Crippen molar-refractivity contribution in [3.63, 3.8) is 0 Å². The number of nitrogens with one attached hydrogen (secondary N) is 1. The zero-order valence-corrected chi connectivity index (χ0v) is 12.0. The molecule has 0 unspecified atom stereocenters. The molecule has 1 amide bonds. The molecule has 22 heavy (non-hydrogen) atoms. The summed E-state index contributed by atoms with van der Waals surface area (Å²) in [6, 6.07) is 5.82. The second-order valence-electron chi connectivity index (χ2n) is 5.51. The number of para-hydroxylation sites is 1. The van der Waals surface area contributed by atoms with E-state index in [0.717, 1.165) is 30.5 Å². The van der Waals surface area contributed by atoms with Crippen LogP contribution < -0.4 is 5.32 Å². The minimum absolute atomic E-state index is 0.00140. The van der Waals surface area contributed by atoms with E-state index >= 15 is 0 Å². The summed E-state index contributed by atoms with van der Waals surface area (Å²) in [5, 5.41) is 17.6. The van der Waals surface area contributed by atoms with Gasteiger partial charge in [0.05, 0.1) is 10.6 Å². The van der Waals surface area contributed by atoms with Crippen LogP contribution in [0.2, 0.25) is 0 Å². The molecule has 114 valence electrons. The number of aryl methyl sites for hydroxylation is 1. The van der Waals surface area contributed by atoms with Crippen LogP contribution in [-0.2, 0) is 12.8 Å². The summed E-state index contributed by atoms with van der Waals surface area (Å²) in [5.74, 6) is 0.225. The fourth-order valence-corrected chi connectivity index (χ4v) is 2.68. The maximum Gasteiger partial charge on any atom is 0.282 e. The van der Waals surface area contributed by atoms with Crippen LogP contribution in [0, 0.1) is 16.0 Å². The number of amides is 1. The van der Waals surface area contributed by atoms with Crippen molar-refractivity contribution in [3.8, 4) is 0 Å². The molecule has 1 N–H and O–H groups in total. The van der Waals surface area contributed by atoms with E-state index in [0.29, 0.717) is 11.8 Å². The number of hydrogen-bond donors (Lipinski definition) is 1. The van der Waals surface area contributed by atoms with Gasteiger partial charge < -0.3 is 4.52 Å². The first-order valence-electron chi connectivity index (χ1n) is 7.08. The van der Waals surface area contributed by atoms with Crippen molar-refractivity contribution in [1.82, 2.24) is 5.16 Å². The summed E-state index contributed by atoms with van der Waals surface area (Å²) < 4.78 is 5.21. The lowest BCUT2D eigenvalue weighted by Gasteiger charge is -2.16. The molecule has 1 heterocycles. The average molecular weight is 301 g/mol. The Kier molecular flexibility index (Phi) is 3.62. The molecule has 1 aliphatic rings. The van der Waals surface area contributed by atoms with E-state index in [4.69, 9.17) is 4.52 Å². The van der Waals surface area contributed by atoms with Gasteiger partial charge in [-0.2, -0.15) is 0 Å². The molecule has 0 aliphatic heterocycles. The quantitative estimate of drug-likeness (QED) is 0.694. The van der Waals surface area contributed by atoms with E-state index in [1.807, 2.05) is 0 Å². The van der Waals surface area contributed by atoms with Gasteiger partial charge in [-0.3, -0.25) is 20.2 Å². The molecule has 7 heteroatoms. The number of fused-ring (bicyclic) bond motifs is 1. The molecule has 0 saturated heterocycles. The van der Waals surface area contributed by atoms with E-state index < -0.39 is 10.8 Å². The van der Waals surface area contributed by atoms with Gasteiger partial charge in [-0.15, -0.1) is 0 Å². The maximum atomic E-state index is 12.3. The fraction of sp³-hybridized carbons (Fsp3) is 0.333. The van der Waals surface area contributed by atoms with Crippen LogP contribution >= 0.6 is 0 Å². The molecule has 1 aliphatic carbocycles. The molecule has 0 fully saturated rings. The molecular weight excluding hydrogens is 286 g/mol. The molecule has 1 aromatic carbocycles. The minimum Gasteiger partial charge on any atom is -0.338 e. The summed E-state index contributed by atoms with van der Waals surface area (Å²) >= 11 is 0. The van der Waals surface area contributed by atoms with Crippen molar-refractivity contribution in [2.75, 3.05) is 5.32 Å². The zero-order valence-electron chi connectivity index (χ0n) is 12.0. The molecule has 0 spiro atoms. The van der Waals surface area contributed by atoms with Gasteiger partial charge in [-0.25, -0.2) is 0 Å². The predicted octanol–water partition coefficient (Wildman–Crippen LogP) is 2.96. The first-order chi connectivity index (χ1) is 10.6.